The van der Waals surface area contributed by atoms with Gasteiger partial charge in [0.1, 0.15) is 6.04 Å². The van der Waals surface area contributed by atoms with E-state index in [1.165, 1.54) is 18.2 Å². The molecule has 0 spiro atoms. The lowest BCUT2D eigenvalue weighted by Crippen LogP contribution is -2.53. The Kier molecular flexibility index (Phi) is 11.2. The van der Waals surface area contributed by atoms with Crippen molar-refractivity contribution in [2.24, 2.45) is 0 Å². The van der Waals surface area contributed by atoms with Crippen LogP contribution in [0.1, 0.15) is 54.4 Å². The first-order valence-corrected chi connectivity index (χ1v) is 15.5. The Labute approximate surface area is 246 Å². The van der Waals surface area contributed by atoms with Crippen molar-refractivity contribution >= 4 is 46.8 Å². The van der Waals surface area contributed by atoms with Crippen LogP contribution in [0.25, 0.3) is 0 Å². The second-order valence-corrected chi connectivity index (χ2v) is 12.1. The molecule has 39 heavy (non-hydrogen) atoms. The topological polar surface area (TPSA) is 49.4 Å². The van der Waals surface area contributed by atoms with Crippen molar-refractivity contribution < 1.29 is 9.59 Å². The molecule has 7 heteroatoms. The number of thioether (sulfide) groups is 1. The molecule has 0 saturated heterocycles. The smallest absolute Gasteiger partial charge is 0.243 e. The molecule has 0 aliphatic heterocycles. The second-order valence-electron chi connectivity index (χ2n) is 10.3. The lowest BCUT2D eigenvalue weighted by atomic mass is 9.94. The van der Waals surface area contributed by atoms with Gasteiger partial charge in [-0.3, -0.25) is 9.59 Å². The van der Waals surface area contributed by atoms with Gasteiger partial charge in [0.25, 0.3) is 0 Å². The summed E-state index contributed by atoms with van der Waals surface area (Å²) >= 11 is 13.9. The molecule has 2 amide bonds. The molecule has 1 fully saturated rings. The summed E-state index contributed by atoms with van der Waals surface area (Å²) in [6.45, 7) is 2.41. The van der Waals surface area contributed by atoms with Crippen molar-refractivity contribution in [3.05, 3.63) is 105 Å². The summed E-state index contributed by atoms with van der Waals surface area (Å²) in [4.78, 5) is 29.5. The molecule has 0 unspecified atom stereocenters. The van der Waals surface area contributed by atoms with Gasteiger partial charge in [0.15, 0.2) is 0 Å². The van der Waals surface area contributed by atoms with Crippen LogP contribution < -0.4 is 5.32 Å². The molecule has 1 aliphatic carbocycles. The van der Waals surface area contributed by atoms with E-state index in [9.17, 15) is 9.59 Å². The summed E-state index contributed by atoms with van der Waals surface area (Å²) in [7, 11) is 0. The Morgan fingerprint density at radius 1 is 0.949 bits per heavy atom. The first kappa shape index (κ1) is 29.5. The molecule has 3 aromatic carbocycles. The fraction of sp³-hybridized carbons (Fsp3) is 0.375. The van der Waals surface area contributed by atoms with Gasteiger partial charge >= 0.3 is 0 Å². The quantitative estimate of drug-likeness (QED) is 0.253. The lowest BCUT2D eigenvalue weighted by molar-refractivity contribution is -0.139. The molecule has 1 aliphatic rings. The molecule has 4 rings (SSSR count). The molecule has 1 N–H and O–H groups in total. The zero-order valence-corrected chi connectivity index (χ0v) is 24.7. The van der Waals surface area contributed by atoms with Gasteiger partial charge < -0.3 is 10.2 Å². The van der Waals surface area contributed by atoms with Crippen LogP contribution in [0.3, 0.4) is 0 Å². The number of hydrogen-bond acceptors (Lipinski definition) is 3. The first-order valence-electron chi connectivity index (χ1n) is 13.6. The van der Waals surface area contributed by atoms with Crippen LogP contribution in [0.15, 0.2) is 72.8 Å². The van der Waals surface area contributed by atoms with E-state index in [1.807, 2.05) is 61.5 Å². The van der Waals surface area contributed by atoms with Gasteiger partial charge in [-0.15, -0.1) is 11.8 Å². The minimum atomic E-state index is -0.609. The third-order valence-corrected chi connectivity index (χ3v) is 8.71. The monoisotopic (exact) mass is 582 g/mol. The van der Waals surface area contributed by atoms with Gasteiger partial charge in [0.2, 0.25) is 11.8 Å². The van der Waals surface area contributed by atoms with Crippen LogP contribution in [0, 0.1) is 6.92 Å². The molecule has 206 valence electrons. The number of carbonyl (C=O) groups excluding carboxylic acids is 2. The van der Waals surface area contributed by atoms with Crippen molar-refractivity contribution in [2.75, 3.05) is 5.75 Å². The first-order chi connectivity index (χ1) is 18.9. The standard InChI is InChI=1S/C32H36Cl2N2O2S/c1-23-9-8-12-25(17-23)20-36(31(37)22-39-21-26-15-16-27(33)19-29(26)34)30(18-24-10-4-2-5-11-24)32(38)35-28-13-6-3-7-14-28/h2,4-5,8-12,15-17,19,28,30H,3,6-7,13-14,18,20-22H2,1H3,(H,35,38)/t30-/m0/s1. The Morgan fingerprint density at radius 3 is 2.41 bits per heavy atom. The summed E-state index contributed by atoms with van der Waals surface area (Å²) < 4.78 is 0. The van der Waals surface area contributed by atoms with Crippen LogP contribution in [0.4, 0.5) is 0 Å². The molecule has 0 bridgehead atoms. The van der Waals surface area contributed by atoms with E-state index >= 15 is 0 Å². The van der Waals surface area contributed by atoms with Gasteiger partial charge in [-0.1, -0.05) is 109 Å². The highest BCUT2D eigenvalue weighted by molar-refractivity contribution is 7.99. The molecule has 1 atom stereocenters. The molecule has 1 saturated carbocycles. The number of aryl methyl sites for hydroxylation is 1. The molecule has 0 heterocycles. The molecule has 4 nitrogen and oxygen atoms in total. The van der Waals surface area contributed by atoms with E-state index in [2.05, 4.69) is 11.4 Å². The summed E-state index contributed by atoms with van der Waals surface area (Å²) in [6.07, 6.45) is 5.92. The Hall–Kier alpha value is -2.47. The zero-order chi connectivity index (χ0) is 27.6. The maximum absolute atomic E-state index is 13.9. The third-order valence-electron chi connectivity index (χ3n) is 7.16. The van der Waals surface area contributed by atoms with Crippen molar-refractivity contribution in [2.45, 2.75) is 69.8 Å². The Bertz CT molecular complexity index is 1250. The number of nitrogens with one attached hydrogen (secondary N) is 1. The molecular formula is C32H36Cl2N2O2S. The maximum atomic E-state index is 13.9. The Balaban J connectivity index is 1.57. The highest BCUT2D eigenvalue weighted by Crippen LogP contribution is 2.26. The number of carbonyl (C=O) groups is 2. The highest BCUT2D eigenvalue weighted by Gasteiger charge is 2.31. The van der Waals surface area contributed by atoms with Crippen molar-refractivity contribution in [3.63, 3.8) is 0 Å². The van der Waals surface area contributed by atoms with Gasteiger partial charge in [0, 0.05) is 34.8 Å². The van der Waals surface area contributed by atoms with Gasteiger partial charge in [-0.05, 0) is 48.6 Å². The van der Waals surface area contributed by atoms with Crippen LogP contribution in [-0.2, 0) is 28.3 Å². The predicted octanol–water partition coefficient (Wildman–Crippen LogP) is 7.62. The lowest BCUT2D eigenvalue weighted by Gasteiger charge is -2.33. The van der Waals surface area contributed by atoms with Crippen molar-refractivity contribution in [1.29, 1.82) is 0 Å². The van der Waals surface area contributed by atoms with E-state index in [0.29, 0.717) is 28.8 Å². The van der Waals surface area contributed by atoms with E-state index < -0.39 is 6.04 Å². The van der Waals surface area contributed by atoms with Crippen molar-refractivity contribution in [1.82, 2.24) is 10.2 Å². The molecular weight excluding hydrogens is 547 g/mol. The van der Waals surface area contributed by atoms with Gasteiger partial charge in [-0.2, -0.15) is 0 Å². The van der Waals surface area contributed by atoms with Crippen LogP contribution >= 0.6 is 35.0 Å². The summed E-state index contributed by atoms with van der Waals surface area (Å²) in [5, 5.41) is 4.47. The summed E-state index contributed by atoms with van der Waals surface area (Å²) in [5.41, 5.74) is 4.10. The van der Waals surface area contributed by atoms with E-state index in [4.69, 9.17) is 23.2 Å². The molecule has 0 aromatic heterocycles. The number of benzene rings is 3. The maximum Gasteiger partial charge on any atom is 0.243 e. The average Bonchev–Trinajstić information content (AvgIpc) is 2.93. The summed E-state index contributed by atoms with van der Waals surface area (Å²) in [6, 6.07) is 23.1. The average molecular weight is 584 g/mol. The van der Waals surface area contributed by atoms with Crippen LogP contribution in [0.2, 0.25) is 10.0 Å². The second kappa shape index (κ2) is 14.8. The van der Waals surface area contributed by atoms with Gasteiger partial charge in [0.05, 0.1) is 5.75 Å². The number of halogens is 2. The summed E-state index contributed by atoms with van der Waals surface area (Å²) in [5.74, 6) is 0.688. The van der Waals surface area contributed by atoms with E-state index in [0.717, 1.165) is 47.9 Å². The van der Waals surface area contributed by atoms with Crippen LogP contribution in [-0.4, -0.2) is 34.6 Å². The fourth-order valence-corrected chi connectivity index (χ4v) is 6.54. The van der Waals surface area contributed by atoms with Crippen molar-refractivity contribution in [3.8, 4) is 0 Å². The molecule has 3 aromatic rings. The number of rotatable bonds is 11. The number of amides is 2. The zero-order valence-electron chi connectivity index (χ0n) is 22.4. The highest BCUT2D eigenvalue weighted by atomic mass is 35.5. The minimum Gasteiger partial charge on any atom is -0.352 e. The third kappa shape index (κ3) is 9.02. The predicted molar refractivity (Wildman–Crippen MR) is 163 cm³/mol. The minimum absolute atomic E-state index is 0.0636. The van der Waals surface area contributed by atoms with Crippen LogP contribution in [0.5, 0.6) is 0 Å². The normalized spacial score (nSPS) is 14.5. The van der Waals surface area contributed by atoms with Gasteiger partial charge in [-0.25, -0.2) is 0 Å². The molecule has 0 radical (unpaired) electrons. The van der Waals surface area contributed by atoms with E-state index in [-0.39, 0.29) is 23.6 Å². The number of hydrogen-bond donors (Lipinski definition) is 1. The van der Waals surface area contributed by atoms with E-state index in [1.54, 1.807) is 17.0 Å². The largest absolute Gasteiger partial charge is 0.352 e. The Morgan fingerprint density at radius 2 is 1.69 bits per heavy atom. The number of nitrogens with zero attached hydrogens (tertiary/aromatic N) is 1. The SMILES string of the molecule is Cc1cccc(CN(C(=O)CSCc2ccc(Cl)cc2Cl)[C@@H](Cc2ccccc2)C(=O)NC2CCCCC2)c1. The fourth-order valence-electron chi connectivity index (χ4n) is 5.08.